The fourth-order valence-corrected chi connectivity index (χ4v) is 3.11. The van der Waals surface area contributed by atoms with Crippen molar-refractivity contribution < 1.29 is 19.1 Å². The molecule has 0 atom stereocenters. The van der Waals surface area contributed by atoms with Crippen molar-refractivity contribution in [2.45, 2.75) is 19.8 Å². The lowest BCUT2D eigenvalue weighted by molar-refractivity contribution is -0.140. The summed E-state index contributed by atoms with van der Waals surface area (Å²) in [7, 11) is 1.36. The second kappa shape index (κ2) is 12.0. The van der Waals surface area contributed by atoms with Crippen molar-refractivity contribution in [1.29, 1.82) is 0 Å². The van der Waals surface area contributed by atoms with Gasteiger partial charge in [0.15, 0.2) is 0 Å². The third-order valence-electron chi connectivity index (χ3n) is 4.84. The Bertz CT molecular complexity index is 1130. The molecule has 34 heavy (non-hydrogen) atoms. The van der Waals surface area contributed by atoms with Crippen molar-refractivity contribution in [1.82, 2.24) is 10.3 Å². The average Bonchev–Trinajstić information content (AvgIpc) is 2.84. The van der Waals surface area contributed by atoms with Gasteiger partial charge in [-0.3, -0.25) is 14.9 Å². The van der Waals surface area contributed by atoms with E-state index in [2.05, 4.69) is 31.0 Å². The minimum absolute atomic E-state index is 0.270. The smallest absolute Gasteiger partial charge is 0.320 e. The molecule has 0 fully saturated rings. The monoisotopic (exact) mass is 461 g/mol. The molecule has 0 saturated carbocycles. The zero-order chi connectivity index (χ0) is 24.3. The maximum absolute atomic E-state index is 13.0. The van der Waals surface area contributed by atoms with Crippen LogP contribution in [0.1, 0.15) is 29.3 Å². The van der Waals surface area contributed by atoms with Crippen LogP contribution in [-0.2, 0) is 16.0 Å². The van der Waals surface area contributed by atoms with Gasteiger partial charge < -0.3 is 20.7 Å². The highest BCUT2D eigenvalue weighted by atomic mass is 16.5. The van der Waals surface area contributed by atoms with Crippen molar-refractivity contribution >= 4 is 40.8 Å². The number of urea groups is 1. The van der Waals surface area contributed by atoms with Gasteiger partial charge in [0.25, 0.3) is 5.91 Å². The van der Waals surface area contributed by atoms with Crippen LogP contribution in [-0.4, -0.2) is 36.5 Å². The van der Waals surface area contributed by atoms with Crippen molar-refractivity contribution in [3.05, 3.63) is 78.0 Å². The molecule has 0 saturated heterocycles. The number of benzene rings is 2. The van der Waals surface area contributed by atoms with Crippen LogP contribution in [0.5, 0.6) is 0 Å². The Labute approximate surface area is 197 Å². The Hall–Kier alpha value is -4.40. The van der Waals surface area contributed by atoms with Gasteiger partial charge in [0, 0.05) is 36.6 Å². The number of amides is 3. The third kappa shape index (κ3) is 7.06. The Morgan fingerprint density at radius 3 is 2.35 bits per heavy atom. The number of carbonyl (C=O) groups excluding carboxylic acids is 3. The summed E-state index contributed by atoms with van der Waals surface area (Å²) in [6, 6.07) is 17.8. The highest BCUT2D eigenvalue weighted by Crippen LogP contribution is 2.24. The molecule has 2 aromatic carbocycles. The molecular weight excluding hydrogens is 434 g/mol. The summed E-state index contributed by atoms with van der Waals surface area (Å²) in [5, 5.41) is 11.4. The van der Waals surface area contributed by atoms with Gasteiger partial charge in [-0.2, -0.15) is 0 Å². The fraction of sp³-hybridized carbons (Fsp3) is 0.200. The normalized spacial score (nSPS) is 10.2. The molecule has 1 heterocycles. The molecular formula is C25H27N5O4. The lowest BCUT2D eigenvalue weighted by Crippen LogP contribution is -2.28. The van der Waals surface area contributed by atoms with E-state index >= 15 is 0 Å². The van der Waals surface area contributed by atoms with Gasteiger partial charge >= 0.3 is 12.0 Å². The number of nitrogens with one attached hydrogen (secondary N) is 4. The summed E-state index contributed by atoms with van der Waals surface area (Å²) in [6.07, 6.45) is 2.25. The summed E-state index contributed by atoms with van der Waals surface area (Å²) in [5.74, 6) is -0.331. The lowest BCUT2D eigenvalue weighted by Gasteiger charge is -2.14. The van der Waals surface area contributed by atoms with Gasteiger partial charge in [0.1, 0.15) is 5.82 Å². The predicted octanol–water partition coefficient (Wildman–Crippen LogP) is 4.32. The second-order valence-electron chi connectivity index (χ2n) is 7.32. The highest BCUT2D eigenvalue weighted by molar-refractivity contribution is 6.08. The van der Waals surface area contributed by atoms with Crippen LogP contribution in [0.15, 0.2) is 66.9 Å². The molecule has 1 aromatic heterocycles. The number of esters is 1. The fourth-order valence-electron chi connectivity index (χ4n) is 3.11. The molecule has 0 bridgehead atoms. The maximum Gasteiger partial charge on any atom is 0.320 e. The van der Waals surface area contributed by atoms with Crippen LogP contribution in [0.4, 0.5) is 27.7 Å². The molecule has 0 unspecified atom stereocenters. The number of ether oxygens (including phenoxy) is 1. The Morgan fingerprint density at radius 1 is 0.941 bits per heavy atom. The summed E-state index contributed by atoms with van der Waals surface area (Å²) in [5.41, 5.74) is 3.13. The minimum atomic E-state index is -0.384. The van der Waals surface area contributed by atoms with Gasteiger partial charge in [-0.05, 0) is 43.2 Å². The molecule has 9 heteroatoms. The van der Waals surface area contributed by atoms with Crippen molar-refractivity contribution in [3.63, 3.8) is 0 Å². The predicted molar refractivity (Wildman–Crippen MR) is 131 cm³/mol. The van der Waals surface area contributed by atoms with E-state index in [1.807, 2.05) is 49.4 Å². The molecule has 0 radical (unpaired) electrons. The van der Waals surface area contributed by atoms with Gasteiger partial charge in [-0.25, -0.2) is 9.78 Å². The lowest BCUT2D eigenvalue weighted by atomic mass is 10.1. The van der Waals surface area contributed by atoms with E-state index < -0.39 is 0 Å². The molecule has 0 aliphatic carbocycles. The van der Waals surface area contributed by atoms with Crippen LogP contribution in [0.2, 0.25) is 0 Å². The standard InChI is InChI=1S/C25H27N5O4/c1-3-26-25(33)30-22-15-21(28-18-7-5-4-6-8-18)20(16-27-22)24(32)29-19-12-9-17(10-13-19)11-14-23(31)34-2/h4-10,12-13,15-16H,3,11,14H2,1-2H3,(H,29,32)(H3,26,27,28,30,33). The largest absolute Gasteiger partial charge is 0.469 e. The van der Waals surface area contributed by atoms with E-state index in [0.717, 1.165) is 11.3 Å². The number of para-hydroxylation sites is 1. The molecule has 4 N–H and O–H groups in total. The molecule has 0 spiro atoms. The van der Waals surface area contributed by atoms with E-state index in [1.165, 1.54) is 13.3 Å². The number of carbonyl (C=O) groups is 3. The van der Waals surface area contributed by atoms with Gasteiger partial charge in [-0.1, -0.05) is 30.3 Å². The van der Waals surface area contributed by atoms with Gasteiger partial charge in [-0.15, -0.1) is 0 Å². The van der Waals surface area contributed by atoms with E-state index in [-0.39, 0.29) is 17.9 Å². The summed E-state index contributed by atoms with van der Waals surface area (Å²) < 4.78 is 4.66. The van der Waals surface area contributed by atoms with E-state index in [0.29, 0.717) is 42.1 Å². The Kier molecular flexibility index (Phi) is 8.56. The van der Waals surface area contributed by atoms with Crippen molar-refractivity contribution in [2.24, 2.45) is 0 Å². The first kappa shape index (κ1) is 24.2. The number of aryl methyl sites for hydroxylation is 1. The number of anilines is 4. The molecule has 3 rings (SSSR count). The second-order valence-corrected chi connectivity index (χ2v) is 7.32. The Balaban J connectivity index is 1.77. The van der Waals surface area contributed by atoms with E-state index in [9.17, 15) is 14.4 Å². The van der Waals surface area contributed by atoms with E-state index in [1.54, 1.807) is 18.2 Å². The number of hydrogen-bond donors (Lipinski definition) is 4. The molecule has 0 aliphatic rings. The SMILES string of the molecule is CCNC(=O)Nc1cc(Nc2ccccc2)c(C(=O)Nc2ccc(CCC(=O)OC)cc2)cn1. The minimum Gasteiger partial charge on any atom is -0.469 e. The number of pyridine rings is 1. The van der Waals surface area contributed by atoms with Crippen LogP contribution < -0.4 is 21.3 Å². The van der Waals surface area contributed by atoms with E-state index in [4.69, 9.17) is 0 Å². The Morgan fingerprint density at radius 2 is 1.68 bits per heavy atom. The molecule has 176 valence electrons. The summed E-state index contributed by atoms with van der Waals surface area (Å²) in [6.45, 7) is 2.29. The summed E-state index contributed by atoms with van der Waals surface area (Å²) in [4.78, 5) is 40.5. The number of hydrogen-bond acceptors (Lipinski definition) is 6. The van der Waals surface area contributed by atoms with Crippen LogP contribution >= 0.6 is 0 Å². The molecule has 3 aromatic rings. The van der Waals surface area contributed by atoms with Gasteiger partial charge in [0.2, 0.25) is 0 Å². The first-order valence-corrected chi connectivity index (χ1v) is 10.8. The van der Waals surface area contributed by atoms with Crippen LogP contribution in [0.3, 0.4) is 0 Å². The number of rotatable bonds is 9. The first-order chi connectivity index (χ1) is 16.5. The van der Waals surface area contributed by atoms with Crippen LogP contribution in [0.25, 0.3) is 0 Å². The first-order valence-electron chi connectivity index (χ1n) is 10.8. The quantitative estimate of drug-likeness (QED) is 0.352. The third-order valence-corrected chi connectivity index (χ3v) is 4.84. The number of aromatic nitrogens is 1. The maximum atomic E-state index is 13.0. The average molecular weight is 462 g/mol. The molecule has 0 aliphatic heterocycles. The topological polar surface area (TPSA) is 121 Å². The molecule has 3 amide bonds. The zero-order valence-electron chi connectivity index (χ0n) is 19.1. The summed E-state index contributed by atoms with van der Waals surface area (Å²) >= 11 is 0. The zero-order valence-corrected chi connectivity index (χ0v) is 19.1. The number of methoxy groups -OCH3 is 1. The van der Waals surface area contributed by atoms with Crippen molar-refractivity contribution in [3.8, 4) is 0 Å². The number of nitrogens with zero attached hydrogens (tertiary/aromatic N) is 1. The highest BCUT2D eigenvalue weighted by Gasteiger charge is 2.15. The van der Waals surface area contributed by atoms with Crippen LogP contribution in [0, 0.1) is 0 Å². The van der Waals surface area contributed by atoms with Crippen molar-refractivity contribution in [2.75, 3.05) is 29.6 Å². The van der Waals surface area contributed by atoms with Gasteiger partial charge in [0.05, 0.1) is 18.4 Å². The molecule has 9 nitrogen and oxygen atoms in total.